The monoisotopic (exact) mass is 349 g/mol. The molecular weight excluding hydrogens is 326 g/mol. The normalized spacial score (nSPS) is 15.0. The third-order valence-electron chi connectivity index (χ3n) is 3.75. The number of aromatic nitrogens is 1. The molecule has 1 aromatic heterocycles. The van der Waals surface area contributed by atoms with Crippen LogP contribution in [0.4, 0.5) is 0 Å². The number of amides is 2. The maximum absolute atomic E-state index is 12.5. The topological polar surface area (TPSA) is 123 Å². The molecule has 0 spiro atoms. The second-order valence-electron chi connectivity index (χ2n) is 6.93. The van der Waals surface area contributed by atoms with Crippen molar-refractivity contribution in [2.45, 2.75) is 58.4 Å². The number of nitrogens with zero attached hydrogens (tertiary/aromatic N) is 2. The molecule has 1 aliphatic rings. The van der Waals surface area contributed by atoms with Crippen molar-refractivity contribution in [3.63, 3.8) is 0 Å². The number of rotatable bonds is 6. The van der Waals surface area contributed by atoms with E-state index in [1.807, 2.05) is 0 Å². The minimum absolute atomic E-state index is 0.0275. The number of ether oxygens (including phenoxy) is 1. The molecule has 1 atom stereocenters. The Kier molecular flexibility index (Phi) is 5.42. The fraction of sp³-hybridized carbons (Fsp3) is 0.529. The summed E-state index contributed by atoms with van der Waals surface area (Å²) in [4.78, 5) is 41.7. The maximum atomic E-state index is 12.5. The Hall–Kier alpha value is -2.48. The molecule has 136 valence electrons. The smallest absolute Gasteiger partial charge is 0.306 e. The van der Waals surface area contributed by atoms with Gasteiger partial charge in [0.2, 0.25) is 5.91 Å². The summed E-state index contributed by atoms with van der Waals surface area (Å²) in [5, 5.41) is 9.15. The zero-order valence-electron chi connectivity index (χ0n) is 14.6. The average molecular weight is 349 g/mol. The van der Waals surface area contributed by atoms with Gasteiger partial charge >= 0.3 is 5.97 Å². The summed E-state index contributed by atoms with van der Waals surface area (Å²) in [6.45, 7) is 5.13. The molecule has 0 bridgehead atoms. The molecule has 0 saturated heterocycles. The lowest BCUT2D eigenvalue weighted by Gasteiger charge is -2.25. The van der Waals surface area contributed by atoms with Crippen molar-refractivity contribution >= 4 is 17.8 Å². The number of aliphatic hydroxyl groups is 1. The predicted molar refractivity (Wildman–Crippen MR) is 88.1 cm³/mol. The second kappa shape index (κ2) is 7.18. The lowest BCUT2D eigenvalue weighted by Crippen LogP contribution is -2.45. The van der Waals surface area contributed by atoms with E-state index < -0.39 is 23.5 Å². The molecule has 1 aromatic rings. The van der Waals surface area contributed by atoms with Gasteiger partial charge in [-0.1, -0.05) is 0 Å². The van der Waals surface area contributed by atoms with Crippen molar-refractivity contribution in [1.29, 1.82) is 0 Å². The van der Waals surface area contributed by atoms with Crippen molar-refractivity contribution in [3.05, 3.63) is 29.1 Å². The maximum Gasteiger partial charge on any atom is 0.306 e. The first-order valence-electron chi connectivity index (χ1n) is 8.04. The first kappa shape index (κ1) is 18.9. The van der Waals surface area contributed by atoms with E-state index in [9.17, 15) is 14.4 Å². The van der Waals surface area contributed by atoms with Gasteiger partial charge in [-0.2, -0.15) is 0 Å². The van der Waals surface area contributed by atoms with Crippen LogP contribution in [0.25, 0.3) is 0 Å². The van der Waals surface area contributed by atoms with Gasteiger partial charge in [0.15, 0.2) is 0 Å². The van der Waals surface area contributed by atoms with Gasteiger partial charge in [-0.05, 0) is 39.3 Å². The Morgan fingerprint density at radius 3 is 2.64 bits per heavy atom. The summed E-state index contributed by atoms with van der Waals surface area (Å²) in [5.41, 5.74) is 6.12. The standard InChI is InChI=1S/C17H23N3O5/c1-17(2,3)25-14(22)7-6-13(15(18)23)20-8-12-11(16(20)24)5-4-10(9-21)19-12/h4-5,13,21H,6-9H2,1-3H3,(H2,18,23)/t13-/m0/s1. The molecule has 25 heavy (non-hydrogen) atoms. The minimum Gasteiger partial charge on any atom is -0.460 e. The van der Waals surface area contributed by atoms with Crippen molar-refractivity contribution < 1.29 is 24.2 Å². The zero-order valence-corrected chi connectivity index (χ0v) is 14.6. The van der Waals surface area contributed by atoms with Crippen molar-refractivity contribution in [1.82, 2.24) is 9.88 Å². The number of primary amides is 1. The Labute approximate surface area is 146 Å². The highest BCUT2D eigenvalue weighted by atomic mass is 16.6. The van der Waals surface area contributed by atoms with Gasteiger partial charge in [-0.15, -0.1) is 0 Å². The molecule has 0 unspecified atom stereocenters. The first-order chi connectivity index (χ1) is 11.6. The molecule has 2 amide bonds. The molecular formula is C17H23N3O5. The van der Waals surface area contributed by atoms with E-state index in [-0.39, 0.29) is 31.9 Å². The molecule has 3 N–H and O–H groups in total. The lowest BCUT2D eigenvalue weighted by molar-refractivity contribution is -0.155. The SMILES string of the molecule is CC(C)(C)OC(=O)CC[C@@H](C(N)=O)N1Cc2nc(CO)ccc2C1=O. The summed E-state index contributed by atoms with van der Waals surface area (Å²) < 4.78 is 5.21. The number of hydrogen-bond donors (Lipinski definition) is 2. The van der Waals surface area contributed by atoms with E-state index in [4.69, 9.17) is 15.6 Å². The first-order valence-corrected chi connectivity index (χ1v) is 8.04. The molecule has 2 rings (SSSR count). The van der Waals surface area contributed by atoms with Crippen molar-refractivity contribution in [3.8, 4) is 0 Å². The summed E-state index contributed by atoms with van der Waals surface area (Å²) in [6.07, 6.45) is 0.0527. The van der Waals surface area contributed by atoms with Gasteiger partial charge in [0.05, 0.1) is 30.1 Å². The number of pyridine rings is 1. The molecule has 0 aliphatic carbocycles. The van der Waals surface area contributed by atoms with E-state index >= 15 is 0 Å². The molecule has 0 fully saturated rings. The van der Waals surface area contributed by atoms with E-state index in [0.29, 0.717) is 17.0 Å². The Morgan fingerprint density at radius 1 is 1.40 bits per heavy atom. The summed E-state index contributed by atoms with van der Waals surface area (Å²) in [6, 6.07) is 2.20. The van der Waals surface area contributed by atoms with Crippen LogP contribution in [0.5, 0.6) is 0 Å². The molecule has 2 heterocycles. The van der Waals surface area contributed by atoms with Crippen molar-refractivity contribution in [2.75, 3.05) is 0 Å². The molecule has 0 saturated carbocycles. The minimum atomic E-state index is -0.924. The highest BCUT2D eigenvalue weighted by molar-refractivity contribution is 6.00. The number of nitrogens with two attached hydrogens (primary N) is 1. The summed E-state index contributed by atoms with van der Waals surface area (Å²) >= 11 is 0. The largest absolute Gasteiger partial charge is 0.460 e. The van der Waals surface area contributed by atoms with Crippen LogP contribution in [0.3, 0.4) is 0 Å². The van der Waals surface area contributed by atoms with Crippen molar-refractivity contribution in [2.24, 2.45) is 5.73 Å². The summed E-state index contributed by atoms with van der Waals surface area (Å²) in [5.74, 6) is -1.50. The fourth-order valence-corrected chi connectivity index (χ4v) is 2.69. The Balaban J connectivity index is 2.10. The second-order valence-corrected chi connectivity index (χ2v) is 6.93. The summed E-state index contributed by atoms with van der Waals surface area (Å²) in [7, 11) is 0. The third-order valence-corrected chi connectivity index (χ3v) is 3.75. The van der Waals surface area contributed by atoms with Gasteiger partial charge in [0, 0.05) is 6.42 Å². The number of hydrogen-bond acceptors (Lipinski definition) is 6. The van der Waals surface area contributed by atoms with Gasteiger partial charge in [-0.3, -0.25) is 19.4 Å². The van der Waals surface area contributed by atoms with Gasteiger partial charge in [0.1, 0.15) is 11.6 Å². The quantitative estimate of drug-likeness (QED) is 0.721. The number of carbonyl (C=O) groups is 3. The zero-order chi connectivity index (χ0) is 18.8. The van der Waals surface area contributed by atoms with Crippen LogP contribution in [-0.4, -0.2) is 44.4 Å². The van der Waals surface area contributed by atoms with Crippen LogP contribution in [0.15, 0.2) is 12.1 Å². The van der Waals surface area contributed by atoms with Gasteiger partial charge in [-0.25, -0.2) is 0 Å². The number of aliphatic hydroxyl groups excluding tert-OH is 1. The van der Waals surface area contributed by atoms with Gasteiger partial charge in [0.25, 0.3) is 5.91 Å². The Bertz CT molecular complexity index is 696. The van der Waals surface area contributed by atoms with E-state index in [0.717, 1.165) is 0 Å². The van der Waals surface area contributed by atoms with E-state index in [1.165, 1.54) is 4.90 Å². The lowest BCUT2D eigenvalue weighted by atomic mass is 10.1. The highest BCUT2D eigenvalue weighted by Crippen LogP contribution is 2.25. The van der Waals surface area contributed by atoms with Crippen LogP contribution in [0.1, 0.15) is 55.4 Å². The highest BCUT2D eigenvalue weighted by Gasteiger charge is 2.36. The van der Waals surface area contributed by atoms with Crippen LogP contribution >= 0.6 is 0 Å². The fourth-order valence-electron chi connectivity index (χ4n) is 2.69. The molecule has 0 aromatic carbocycles. The molecule has 8 nitrogen and oxygen atoms in total. The van der Waals surface area contributed by atoms with Gasteiger partial charge < -0.3 is 20.5 Å². The van der Waals surface area contributed by atoms with E-state index in [2.05, 4.69) is 4.98 Å². The molecule has 8 heteroatoms. The number of fused-ring (bicyclic) bond motifs is 1. The van der Waals surface area contributed by atoms with Crippen LogP contribution < -0.4 is 5.73 Å². The number of esters is 1. The third kappa shape index (κ3) is 4.54. The van der Waals surface area contributed by atoms with Crippen LogP contribution in [-0.2, 0) is 27.5 Å². The van der Waals surface area contributed by atoms with Crippen LogP contribution in [0.2, 0.25) is 0 Å². The molecule has 0 radical (unpaired) electrons. The number of carbonyl (C=O) groups excluding carboxylic acids is 3. The predicted octanol–water partition coefficient (Wildman–Crippen LogP) is 0.506. The average Bonchev–Trinajstić information content (AvgIpc) is 2.81. The molecule has 1 aliphatic heterocycles. The van der Waals surface area contributed by atoms with Crippen LogP contribution in [0, 0.1) is 0 Å². The van der Waals surface area contributed by atoms with E-state index in [1.54, 1.807) is 32.9 Å². The Morgan fingerprint density at radius 2 is 2.08 bits per heavy atom.